The number of hydrogen-bond donors (Lipinski definition) is 1. The average molecular weight is 352 g/mol. The fraction of sp³-hybridized carbons (Fsp3) is 0.222. The Morgan fingerprint density at radius 3 is 2.92 bits per heavy atom. The van der Waals surface area contributed by atoms with Gasteiger partial charge in [0.15, 0.2) is 11.5 Å². The number of aromatic nitrogens is 3. The number of rotatable bonds is 4. The van der Waals surface area contributed by atoms with Crippen molar-refractivity contribution in [3.8, 4) is 11.5 Å². The fourth-order valence-electron chi connectivity index (χ4n) is 2.75. The topological polar surface area (TPSA) is 95.3 Å². The summed E-state index contributed by atoms with van der Waals surface area (Å²) in [4.78, 5) is 25.0. The van der Waals surface area contributed by atoms with Crippen LogP contribution in [-0.2, 0) is 11.3 Å². The molecular formula is C18H16N4O4. The molecule has 1 aliphatic rings. The quantitative estimate of drug-likeness (QED) is 0.762. The number of nitrogens with zero attached hydrogens (tertiary/aromatic N) is 3. The van der Waals surface area contributed by atoms with E-state index in [0.717, 1.165) is 10.2 Å². The molecule has 8 heteroatoms. The van der Waals surface area contributed by atoms with Crippen molar-refractivity contribution in [2.45, 2.75) is 19.5 Å². The third kappa shape index (κ3) is 2.85. The summed E-state index contributed by atoms with van der Waals surface area (Å²) in [6.07, 6.45) is 0. The Hall–Kier alpha value is -3.42. The zero-order valence-electron chi connectivity index (χ0n) is 14.0. The third-order valence-electron chi connectivity index (χ3n) is 4.24. The van der Waals surface area contributed by atoms with Crippen LogP contribution >= 0.6 is 0 Å². The monoisotopic (exact) mass is 352 g/mol. The normalized spacial score (nSPS) is 13.6. The number of amides is 1. The first-order valence-electron chi connectivity index (χ1n) is 8.14. The summed E-state index contributed by atoms with van der Waals surface area (Å²) in [7, 11) is 0. The zero-order chi connectivity index (χ0) is 18.1. The van der Waals surface area contributed by atoms with Crippen LogP contribution in [0.1, 0.15) is 18.5 Å². The SMILES string of the molecule is C[C@H](C(=O)NCc1ccc2c(c1)OCO2)n1nnc2ccccc2c1=O. The van der Waals surface area contributed by atoms with Crippen LogP contribution in [0.4, 0.5) is 0 Å². The Morgan fingerprint density at radius 1 is 1.23 bits per heavy atom. The first-order chi connectivity index (χ1) is 12.6. The van der Waals surface area contributed by atoms with E-state index >= 15 is 0 Å². The molecule has 2 heterocycles. The molecule has 8 nitrogen and oxygen atoms in total. The summed E-state index contributed by atoms with van der Waals surface area (Å²) in [5.74, 6) is 1.02. The lowest BCUT2D eigenvalue weighted by molar-refractivity contribution is -0.124. The van der Waals surface area contributed by atoms with Gasteiger partial charge in [-0.1, -0.05) is 23.4 Å². The summed E-state index contributed by atoms with van der Waals surface area (Å²) >= 11 is 0. The minimum atomic E-state index is -0.784. The molecule has 0 unspecified atom stereocenters. The van der Waals surface area contributed by atoms with Crippen LogP contribution in [-0.4, -0.2) is 27.7 Å². The van der Waals surface area contributed by atoms with Crippen molar-refractivity contribution >= 4 is 16.8 Å². The highest BCUT2D eigenvalue weighted by Crippen LogP contribution is 2.32. The molecule has 0 saturated carbocycles. The molecular weight excluding hydrogens is 336 g/mol. The molecule has 1 aromatic heterocycles. The average Bonchev–Trinajstić information content (AvgIpc) is 3.14. The molecule has 1 aliphatic heterocycles. The number of hydrogen-bond acceptors (Lipinski definition) is 6. The second-order valence-corrected chi connectivity index (χ2v) is 5.94. The van der Waals surface area contributed by atoms with Crippen molar-refractivity contribution in [3.05, 3.63) is 58.4 Å². The Bertz CT molecular complexity index is 1050. The molecule has 0 aliphatic carbocycles. The summed E-state index contributed by atoms with van der Waals surface area (Å²) in [6, 6.07) is 11.6. The van der Waals surface area contributed by atoms with Gasteiger partial charge in [0.05, 0.1) is 5.39 Å². The lowest BCUT2D eigenvalue weighted by Crippen LogP contribution is -2.37. The highest BCUT2D eigenvalue weighted by molar-refractivity contribution is 5.81. The first-order valence-corrected chi connectivity index (χ1v) is 8.14. The Kier molecular flexibility index (Phi) is 4.00. The standard InChI is InChI=1S/C18H16N4O4/c1-11(22-18(24)13-4-2-3-5-14(13)20-21-22)17(23)19-9-12-6-7-15-16(8-12)26-10-25-15/h2-8,11H,9-10H2,1H3,(H,19,23)/t11-/m1/s1. The summed E-state index contributed by atoms with van der Waals surface area (Å²) in [5.41, 5.74) is 1.02. The maximum atomic E-state index is 12.5. The predicted octanol–water partition coefficient (Wildman–Crippen LogP) is 1.40. The van der Waals surface area contributed by atoms with Crippen molar-refractivity contribution in [3.63, 3.8) is 0 Å². The second kappa shape index (κ2) is 6.47. The highest BCUT2D eigenvalue weighted by Gasteiger charge is 2.19. The highest BCUT2D eigenvalue weighted by atomic mass is 16.7. The molecule has 0 spiro atoms. The molecule has 0 saturated heterocycles. The second-order valence-electron chi connectivity index (χ2n) is 5.94. The largest absolute Gasteiger partial charge is 0.454 e. The van der Waals surface area contributed by atoms with Crippen molar-refractivity contribution in [2.75, 3.05) is 6.79 Å². The van der Waals surface area contributed by atoms with Gasteiger partial charge in [-0.3, -0.25) is 9.59 Å². The number of fused-ring (bicyclic) bond motifs is 2. The fourth-order valence-corrected chi connectivity index (χ4v) is 2.75. The van der Waals surface area contributed by atoms with Gasteiger partial charge in [-0.2, -0.15) is 4.68 Å². The maximum Gasteiger partial charge on any atom is 0.278 e. The molecule has 0 fully saturated rings. The van der Waals surface area contributed by atoms with Crippen LogP contribution < -0.4 is 20.3 Å². The van der Waals surface area contributed by atoms with Gasteiger partial charge in [0, 0.05) is 6.54 Å². The first kappa shape index (κ1) is 16.1. The van der Waals surface area contributed by atoms with Crippen LogP contribution in [0.3, 0.4) is 0 Å². The smallest absolute Gasteiger partial charge is 0.278 e. The molecule has 2 aromatic carbocycles. The number of carbonyl (C=O) groups is 1. The predicted molar refractivity (Wildman–Crippen MR) is 92.9 cm³/mol. The van der Waals surface area contributed by atoms with Gasteiger partial charge in [-0.05, 0) is 36.8 Å². The van der Waals surface area contributed by atoms with E-state index < -0.39 is 6.04 Å². The van der Waals surface area contributed by atoms with E-state index in [0.29, 0.717) is 28.9 Å². The third-order valence-corrected chi connectivity index (χ3v) is 4.24. The van der Waals surface area contributed by atoms with Gasteiger partial charge in [-0.25, -0.2) is 0 Å². The minimum Gasteiger partial charge on any atom is -0.454 e. The van der Waals surface area contributed by atoms with Gasteiger partial charge >= 0.3 is 0 Å². The zero-order valence-corrected chi connectivity index (χ0v) is 14.0. The van der Waals surface area contributed by atoms with Crippen LogP contribution in [0, 0.1) is 0 Å². The van der Waals surface area contributed by atoms with Crippen LogP contribution in [0.5, 0.6) is 11.5 Å². The van der Waals surface area contributed by atoms with Crippen molar-refractivity contribution < 1.29 is 14.3 Å². The van der Waals surface area contributed by atoms with Crippen molar-refractivity contribution in [2.24, 2.45) is 0 Å². The van der Waals surface area contributed by atoms with Crippen LogP contribution in [0.25, 0.3) is 10.9 Å². The van der Waals surface area contributed by atoms with Crippen molar-refractivity contribution in [1.29, 1.82) is 0 Å². The molecule has 0 radical (unpaired) electrons. The summed E-state index contributed by atoms with van der Waals surface area (Å²) < 4.78 is 11.7. The number of nitrogens with one attached hydrogen (secondary N) is 1. The lowest BCUT2D eigenvalue weighted by atomic mass is 10.2. The number of benzene rings is 2. The van der Waals surface area contributed by atoms with E-state index in [4.69, 9.17) is 9.47 Å². The molecule has 26 heavy (non-hydrogen) atoms. The Labute approximate surface area is 148 Å². The summed E-state index contributed by atoms with van der Waals surface area (Å²) in [6.45, 7) is 2.11. The van der Waals surface area contributed by atoms with E-state index in [9.17, 15) is 9.59 Å². The van der Waals surface area contributed by atoms with Gasteiger partial charge in [0.1, 0.15) is 11.6 Å². The van der Waals surface area contributed by atoms with E-state index in [2.05, 4.69) is 15.6 Å². The molecule has 3 aromatic rings. The number of ether oxygens (including phenoxy) is 2. The molecule has 132 valence electrons. The van der Waals surface area contributed by atoms with E-state index in [1.165, 1.54) is 0 Å². The van der Waals surface area contributed by atoms with Gasteiger partial charge in [0.25, 0.3) is 5.56 Å². The van der Waals surface area contributed by atoms with Crippen molar-refractivity contribution in [1.82, 2.24) is 20.3 Å². The lowest BCUT2D eigenvalue weighted by Gasteiger charge is -2.14. The summed E-state index contributed by atoms with van der Waals surface area (Å²) in [5, 5.41) is 11.1. The minimum absolute atomic E-state index is 0.200. The van der Waals surface area contributed by atoms with E-state index in [1.54, 1.807) is 37.3 Å². The van der Waals surface area contributed by atoms with Crippen LogP contribution in [0.2, 0.25) is 0 Å². The van der Waals surface area contributed by atoms with Crippen LogP contribution in [0.15, 0.2) is 47.3 Å². The molecule has 1 amide bonds. The van der Waals surface area contributed by atoms with Gasteiger partial charge in [-0.15, -0.1) is 5.10 Å². The Balaban J connectivity index is 1.50. The maximum absolute atomic E-state index is 12.5. The Morgan fingerprint density at radius 2 is 2.04 bits per heavy atom. The molecule has 1 N–H and O–H groups in total. The van der Waals surface area contributed by atoms with E-state index in [-0.39, 0.29) is 18.3 Å². The molecule has 4 rings (SSSR count). The molecule has 1 atom stereocenters. The van der Waals surface area contributed by atoms with E-state index in [1.807, 2.05) is 12.1 Å². The molecule has 0 bridgehead atoms. The van der Waals surface area contributed by atoms with Gasteiger partial charge < -0.3 is 14.8 Å². The van der Waals surface area contributed by atoms with Gasteiger partial charge in [0.2, 0.25) is 12.7 Å². The number of carbonyl (C=O) groups excluding carboxylic acids is 1.